The molecule has 3 unspecified atom stereocenters. The van der Waals surface area contributed by atoms with Crippen LogP contribution in [-0.4, -0.2) is 212 Å². The fraction of sp³-hybridized carbons (Fsp3) is 0.571. The number of primary amides is 2. The predicted octanol–water partition coefficient (Wildman–Crippen LogP) is -3.59. The Morgan fingerprint density at radius 2 is 1.02 bits per heavy atom. The number of aliphatic hydroxyl groups excluding tert-OH is 1. The van der Waals surface area contributed by atoms with Gasteiger partial charge in [-0.05, 0) is 99.9 Å². The third kappa shape index (κ3) is 27.9. The second kappa shape index (κ2) is 43.5. The van der Waals surface area contributed by atoms with Gasteiger partial charge in [-0.15, -0.1) is 0 Å². The number of H-pyrrole nitrogens is 1. The average molecular weight is 1470 g/mol. The number of aromatic hydroxyl groups is 1. The van der Waals surface area contributed by atoms with E-state index in [4.69, 9.17) is 17.2 Å². The van der Waals surface area contributed by atoms with Gasteiger partial charge in [0.15, 0.2) is 0 Å². The van der Waals surface area contributed by atoms with Crippen LogP contribution in [0.25, 0.3) is 0 Å². The lowest BCUT2D eigenvalue weighted by atomic mass is 9.97. The minimum Gasteiger partial charge on any atom is -0.508 e. The van der Waals surface area contributed by atoms with Gasteiger partial charge in [0.1, 0.15) is 84.3 Å². The van der Waals surface area contributed by atoms with Gasteiger partial charge >= 0.3 is 0 Å². The van der Waals surface area contributed by atoms with Gasteiger partial charge in [-0.25, -0.2) is 4.98 Å². The van der Waals surface area contributed by atoms with Gasteiger partial charge in [-0.3, -0.25) is 71.9 Å². The zero-order chi connectivity index (χ0) is 78.2. The molecule has 105 heavy (non-hydrogen) atoms. The molecule has 21 N–H and O–H groups in total. The molecule has 14 atom stereocenters. The van der Waals surface area contributed by atoms with E-state index in [2.05, 4.69) is 73.8 Å². The normalized spacial score (nSPS) is 16.3. The molecule has 1 saturated heterocycles. The van der Waals surface area contributed by atoms with Crippen molar-refractivity contribution in [2.45, 2.75) is 224 Å². The number of likely N-dealkylation sites (tertiary alicyclic amines) is 1. The molecular formula is C70H106N18O17. The number of carbonyl (C=O) groups is 15. The highest BCUT2D eigenvalue weighted by Crippen LogP contribution is 2.22. The number of amides is 15. The summed E-state index contributed by atoms with van der Waals surface area (Å²) in [4.78, 5) is 214. The van der Waals surface area contributed by atoms with Crippen LogP contribution in [0.15, 0.2) is 67.1 Å². The van der Waals surface area contributed by atoms with Crippen LogP contribution in [0.2, 0.25) is 0 Å². The van der Waals surface area contributed by atoms with Crippen LogP contribution >= 0.6 is 0 Å². The molecule has 2 heterocycles. The van der Waals surface area contributed by atoms with Crippen molar-refractivity contribution in [3.8, 4) is 5.75 Å². The van der Waals surface area contributed by atoms with Gasteiger partial charge in [0, 0.05) is 44.6 Å². The van der Waals surface area contributed by atoms with Crippen LogP contribution in [0.4, 0.5) is 0 Å². The fourth-order valence-corrected chi connectivity index (χ4v) is 11.4. The number of imidazole rings is 1. The summed E-state index contributed by atoms with van der Waals surface area (Å²) in [7, 11) is 0. The highest BCUT2D eigenvalue weighted by Gasteiger charge is 2.42. The number of hydrogen-bond acceptors (Lipinski definition) is 19. The maximum Gasteiger partial charge on any atom is 0.246 e. The van der Waals surface area contributed by atoms with E-state index in [0.717, 1.165) is 6.92 Å². The number of phenolic OH excluding ortho intramolecular Hbond substituents is 1. The van der Waals surface area contributed by atoms with E-state index in [0.29, 0.717) is 42.5 Å². The van der Waals surface area contributed by atoms with Crippen molar-refractivity contribution < 1.29 is 82.1 Å². The molecule has 0 radical (unpaired) electrons. The maximum absolute atomic E-state index is 15.0. The van der Waals surface area contributed by atoms with Crippen LogP contribution in [0.3, 0.4) is 0 Å². The van der Waals surface area contributed by atoms with Crippen LogP contribution in [0.1, 0.15) is 143 Å². The number of nitrogens with one attached hydrogen (secondary N) is 13. The summed E-state index contributed by atoms with van der Waals surface area (Å²) < 4.78 is 0. The van der Waals surface area contributed by atoms with E-state index >= 15 is 4.79 Å². The van der Waals surface area contributed by atoms with E-state index in [-0.39, 0.29) is 70.2 Å². The molecular weight excluding hydrogens is 1360 g/mol. The molecule has 0 saturated carbocycles. The molecule has 2 aromatic carbocycles. The van der Waals surface area contributed by atoms with E-state index in [9.17, 15) is 77.3 Å². The Balaban J connectivity index is 1.56. The molecule has 1 aromatic heterocycles. The lowest BCUT2D eigenvalue weighted by molar-refractivity contribution is -0.142. The third-order valence-electron chi connectivity index (χ3n) is 17.8. The maximum atomic E-state index is 15.0. The van der Waals surface area contributed by atoms with Crippen molar-refractivity contribution in [2.75, 3.05) is 19.7 Å². The Kier molecular flexibility index (Phi) is 36.0. The largest absolute Gasteiger partial charge is 0.508 e. The molecule has 15 amide bonds. The fourth-order valence-electron chi connectivity index (χ4n) is 11.4. The summed E-state index contributed by atoms with van der Waals surface area (Å²) in [6.07, 6.45) is 3.23. The van der Waals surface area contributed by atoms with Crippen molar-refractivity contribution in [1.29, 1.82) is 0 Å². The number of rotatable bonds is 44. The molecule has 578 valence electrons. The molecule has 0 spiro atoms. The molecule has 1 fully saturated rings. The number of nitrogens with two attached hydrogens (primary N) is 3. The zero-order valence-electron chi connectivity index (χ0n) is 61.0. The summed E-state index contributed by atoms with van der Waals surface area (Å²) in [5.74, 6) is -13.9. The van der Waals surface area contributed by atoms with Gasteiger partial charge in [-0.2, -0.15) is 0 Å². The van der Waals surface area contributed by atoms with Crippen molar-refractivity contribution in [1.82, 2.24) is 78.7 Å². The summed E-state index contributed by atoms with van der Waals surface area (Å²) >= 11 is 0. The SMILES string of the molecule is CCC(NC(=O)[C@@H](NC(=O)C(CC)NC(=O)[C@H](CCCCN)NC(=O)[C@H](Cc1cnc[nH]1)NC(=O)[C@H](C)NC(=O)[C@@H]1CCCN1C(=O)[C@H](Cc1ccccc1)NC(=O)[C@@H](NC(=O)[C@H](Cc1ccc(O)cc1)NC(=O)[C@H](CC(N)=O)NC(=O)C(CC)NC(=O)[C@H](CO)NC(C)=O)C(C)C)[C@@H](C)CC)C(N)=O. The minimum atomic E-state index is -1.76. The first kappa shape index (κ1) is 86.8. The number of aliphatic hydroxyl groups is 1. The van der Waals surface area contributed by atoms with Crippen LogP contribution in [0.5, 0.6) is 5.75 Å². The minimum absolute atomic E-state index is 0.0268. The third-order valence-corrected chi connectivity index (χ3v) is 17.8. The molecule has 35 nitrogen and oxygen atoms in total. The van der Waals surface area contributed by atoms with Gasteiger partial charge < -0.3 is 101 Å². The van der Waals surface area contributed by atoms with Gasteiger partial charge in [0.05, 0.1) is 19.4 Å². The summed E-state index contributed by atoms with van der Waals surface area (Å²) in [6.45, 7) is 13.4. The lowest BCUT2D eigenvalue weighted by Gasteiger charge is -2.31. The van der Waals surface area contributed by atoms with E-state index in [1.54, 1.807) is 65.0 Å². The van der Waals surface area contributed by atoms with Crippen molar-refractivity contribution in [3.05, 3.63) is 83.9 Å². The van der Waals surface area contributed by atoms with Crippen molar-refractivity contribution in [2.24, 2.45) is 29.0 Å². The number of carbonyl (C=O) groups excluding carboxylic acids is 15. The Hall–Kier alpha value is -10.6. The van der Waals surface area contributed by atoms with E-state index in [1.165, 1.54) is 55.5 Å². The number of nitrogens with zero attached hydrogens (tertiary/aromatic N) is 2. The van der Waals surface area contributed by atoms with Gasteiger partial charge in [-0.1, -0.05) is 97.4 Å². The lowest BCUT2D eigenvalue weighted by Crippen LogP contribution is -2.62. The summed E-state index contributed by atoms with van der Waals surface area (Å²) in [5.41, 5.74) is 18.1. The smallest absolute Gasteiger partial charge is 0.246 e. The molecule has 0 bridgehead atoms. The average Bonchev–Trinajstić information content (AvgIpc) is 1.76. The molecule has 3 aromatic rings. The number of unbranched alkanes of at least 4 members (excludes halogenated alkanes) is 1. The molecule has 1 aliphatic heterocycles. The van der Waals surface area contributed by atoms with Gasteiger partial charge in [0.2, 0.25) is 88.6 Å². The van der Waals surface area contributed by atoms with Crippen molar-refractivity contribution in [3.63, 3.8) is 0 Å². The second-order valence-corrected chi connectivity index (χ2v) is 26.4. The number of hydrogen-bond donors (Lipinski definition) is 18. The first-order valence-electron chi connectivity index (χ1n) is 35.4. The summed E-state index contributed by atoms with van der Waals surface area (Å²) in [6, 6.07) is -3.47. The number of phenols is 1. The first-order valence-corrected chi connectivity index (χ1v) is 35.4. The monoisotopic (exact) mass is 1470 g/mol. The molecule has 35 heteroatoms. The Labute approximate surface area is 609 Å². The molecule has 0 aliphatic carbocycles. The molecule has 1 aliphatic rings. The second-order valence-electron chi connectivity index (χ2n) is 26.4. The topological polar surface area (TPSA) is 551 Å². The van der Waals surface area contributed by atoms with E-state index < -0.39 is 192 Å². The number of aromatic amines is 1. The van der Waals surface area contributed by atoms with E-state index in [1.807, 2.05) is 6.92 Å². The number of aromatic nitrogens is 2. The molecule has 4 rings (SSSR count). The standard InChI is InChI=1S/C70H106N18O17/c1-10-38(7)57(69(104)78-45(11-2)58(73)93)87-61(96)47(13-4)79-62(97)48(22-17-18-28-71)81-63(98)50(32-43-34-74-36-75-43)82-59(94)39(8)76-67(102)54-23-19-29-88(54)70(105)52(31-41-20-15-14-16-21-41)85-68(103)56(37(5)6)86-65(100)49(30-42-24-26-44(91)27-25-42)83-64(99)51(33-55(72)92)84-60(95)46(12-3)80-66(101)53(35-89)77-40(9)90/h14-16,20-21,24-27,34,36-39,45-54,56-57,89,91H,10-13,17-19,22-23,28-33,35,71H2,1-9H3,(H2,72,92)(H2,73,93)(H,74,75)(H,76,102)(H,77,90)(H,78,104)(H,79,97)(H,80,101)(H,81,98)(H,82,94)(H,83,99)(H,84,95)(H,85,103)(H,86,100)(H,87,96)/t38-,39-,45?,46?,47?,48-,49-,50-,51-,52-,53-,54-,56-,57-/m0/s1. The quantitative estimate of drug-likeness (QED) is 0.0243. The van der Waals surface area contributed by atoms with Crippen molar-refractivity contribution >= 4 is 88.6 Å². The Morgan fingerprint density at radius 3 is 1.57 bits per heavy atom. The zero-order valence-corrected chi connectivity index (χ0v) is 61.0. The highest BCUT2D eigenvalue weighted by atomic mass is 16.3. The van der Waals surface area contributed by atoms with Crippen LogP contribution in [-0.2, 0) is 91.2 Å². The number of benzene rings is 2. The Bertz CT molecular complexity index is 3450. The summed E-state index contributed by atoms with van der Waals surface area (Å²) in [5, 5.41) is 50.7. The Morgan fingerprint density at radius 1 is 0.533 bits per heavy atom. The van der Waals surface area contributed by atoms with Gasteiger partial charge in [0.25, 0.3) is 0 Å². The van der Waals surface area contributed by atoms with Crippen LogP contribution < -0.4 is 81.0 Å². The first-order chi connectivity index (χ1) is 49.8. The van der Waals surface area contributed by atoms with Crippen LogP contribution in [0, 0.1) is 11.8 Å². The predicted molar refractivity (Wildman–Crippen MR) is 382 cm³/mol. The highest BCUT2D eigenvalue weighted by molar-refractivity contribution is 6.01.